The molecule has 2 rings (SSSR count). The van der Waals surface area contributed by atoms with E-state index < -0.39 is 17.5 Å². The van der Waals surface area contributed by atoms with Gasteiger partial charge in [0.25, 0.3) is 0 Å². The lowest BCUT2D eigenvalue weighted by Crippen LogP contribution is -2.22. The minimum Gasteiger partial charge on any atom is -0.493 e. The third-order valence-corrected chi connectivity index (χ3v) is 4.80. The van der Waals surface area contributed by atoms with E-state index >= 15 is 0 Å². The van der Waals surface area contributed by atoms with Crippen LogP contribution in [0, 0.1) is 5.92 Å². The van der Waals surface area contributed by atoms with E-state index in [-0.39, 0.29) is 13.0 Å². The molecule has 0 heterocycles. The van der Waals surface area contributed by atoms with E-state index in [1.165, 1.54) is 40.6 Å². The maximum Gasteiger partial charge on any atom is 0.166 e. The fourth-order valence-corrected chi connectivity index (χ4v) is 3.06. The Kier molecular flexibility index (Phi) is 9.50. The van der Waals surface area contributed by atoms with E-state index in [0.29, 0.717) is 34.1 Å². The molecule has 170 valence electrons. The first-order valence-electron chi connectivity index (χ1n) is 9.96. The number of rotatable bonds is 12. The van der Waals surface area contributed by atoms with E-state index in [4.69, 9.17) is 18.9 Å². The summed E-state index contributed by atoms with van der Waals surface area (Å²) in [6, 6.07) is 10.4. The number of methoxy groups -OCH3 is 4. The van der Waals surface area contributed by atoms with Crippen LogP contribution in [0.4, 0.5) is 0 Å². The van der Waals surface area contributed by atoms with Gasteiger partial charge >= 0.3 is 0 Å². The molecule has 0 unspecified atom stereocenters. The molecule has 0 aromatic heterocycles. The van der Waals surface area contributed by atoms with Gasteiger partial charge < -0.3 is 24.1 Å². The van der Waals surface area contributed by atoms with Gasteiger partial charge in [-0.15, -0.1) is 0 Å². The number of aliphatic hydroxyl groups excluding tert-OH is 1. The van der Waals surface area contributed by atoms with Crippen molar-refractivity contribution in [1.29, 1.82) is 0 Å². The van der Waals surface area contributed by atoms with E-state index in [1.807, 2.05) is 0 Å². The Morgan fingerprint density at radius 3 is 1.50 bits per heavy atom. The maximum atomic E-state index is 12.7. The zero-order chi connectivity index (χ0) is 23.5. The van der Waals surface area contributed by atoms with Crippen LogP contribution in [0.3, 0.4) is 0 Å². The Morgan fingerprint density at radius 2 is 1.16 bits per heavy atom. The topological polar surface area (TPSA) is 91.3 Å². The smallest absolute Gasteiger partial charge is 0.166 e. The molecule has 1 N–H and O–H groups in total. The van der Waals surface area contributed by atoms with Crippen molar-refractivity contribution in [2.75, 3.05) is 35.0 Å². The van der Waals surface area contributed by atoms with Crippen LogP contribution in [-0.4, -0.2) is 51.7 Å². The monoisotopic (exact) mass is 440 g/mol. The van der Waals surface area contributed by atoms with E-state index in [2.05, 4.69) is 0 Å². The molecule has 7 heteroatoms. The van der Waals surface area contributed by atoms with Gasteiger partial charge in [0.2, 0.25) is 0 Å². The number of ether oxygens (including phenoxy) is 4. The second-order valence-electron chi connectivity index (χ2n) is 6.77. The van der Waals surface area contributed by atoms with E-state index in [0.717, 1.165) is 0 Å². The molecule has 7 nitrogen and oxygen atoms in total. The normalized spacial score (nSPS) is 11.2. The Bertz CT molecular complexity index is 914. The molecule has 0 aliphatic heterocycles. The predicted octanol–water partition coefficient (Wildman–Crippen LogP) is 3.58. The number of hydrogen-bond acceptors (Lipinski definition) is 7. The first kappa shape index (κ1) is 24.7. The van der Waals surface area contributed by atoms with E-state index in [9.17, 15) is 14.7 Å². The molecular formula is C25H28O7. The van der Waals surface area contributed by atoms with Crippen LogP contribution >= 0.6 is 0 Å². The summed E-state index contributed by atoms with van der Waals surface area (Å²) in [7, 11) is 6.13. The fraction of sp³-hybridized carbons (Fsp3) is 0.280. The highest BCUT2D eigenvalue weighted by molar-refractivity contribution is 6.13. The zero-order valence-corrected chi connectivity index (χ0v) is 18.7. The Labute approximate surface area is 187 Å². The number of carbonyl (C=O) groups is 2. The first-order valence-corrected chi connectivity index (χ1v) is 9.96. The number of benzene rings is 2. The van der Waals surface area contributed by atoms with Crippen LogP contribution in [-0.2, 0) is 9.59 Å². The molecular weight excluding hydrogens is 412 g/mol. The van der Waals surface area contributed by atoms with Crippen LogP contribution in [0.25, 0.3) is 12.2 Å². The summed E-state index contributed by atoms with van der Waals surface area (Å²) in [5.74, 6) is 0.444. The van der Waals surface area contributed by atoms with Gasteiger partial charge in [-0.05, 0) is 54.0 Å². The third-order valence-electron chi connectivity index (χ3n) is 4.80. The molecule has 0 saturated carbocycles. The Balaban J connectivity index is 2.16. The summed E-state index contributed by atoms with van der Waals surface area (Å²) in [6.07, 6.45) is 5.90. The molecule has 0 amide bonds. The molecule has 0 spiro atoms. The molecule has 0 atom stereocenters. The van der Waals surface area contributed by atoms with Gasteiger partial charge in [-0.2, -0.15) is 0 Å². The van der Waals surface area contributed by atoms with Gasteiger partial charge in [0.15, 0.2) is 34.6 Å². The molecule has 32 heavy (non-hydrogen) atoms. The highest BCUT2D eigenvalue weighted by Gasteiger charge is 2.22. The first-order chi connectivity index (χ1) is 15.5. The van der Waals surface area contributed by atoms with Crippen molar-refractivity contribution in [3.05, 3.63) is 59.7 Å². The number of ketones is 2. The van der Waals surface area contributed by atoms with Gasteiger partial charge in [0, 0.05) is 6.61 Å². The van der Waals surface area contributed by atoms with Crippen molar-refractivity contribution in [2.24, 2.45) is 5.92 Å². The van der Waals surface area contributed by atoms with Gasteiger partial charge in [-0.25, -0.2) is 0 Å². The Morgan fingerprint density at radius 1 is 0.750 bits per heavy atom. The number of aliphatic hydroxyl groups is 1. The molecule has 0 fully saturated rings. The van der Waals surface area contributed by atoms with Gasteiger partial charge in [0.05, 0.1) is 34.4 Å². The van der Waals surface area contributed by atoms with Crippen molar-refractivity contribution in [1.82, 2.24) is 0 Å². The van der Waals surface area contributed by atoms with Crippen molar-refractivity contribution >= 4 is 23.7 Å². The minimum absolute atomic E-state index is 0.0320. The highest BCUT2D eigenvalue weighted by Crippen LogP contribution is 2.29. The lowest BCUT2D eigenvalue weighted by atomic mass is 9.94. The second kappa shape index (κ2) is 12.3. The molecule has 2 aromatic carbocycles. The molecule has 0 radical (unpaired) electrons. The lowest BCUT2D eigenvalue weighted by Gasteiger charge is -2.10. The van der Waals surface area contributed by atoms with Crippen LogP contribution in [0.2, 0.25) is 0 Å². The number of carbonyl (C=O) groups excluding carboxylic acids is 2. The zero-order valence-electron chi connectivity index (χ0n) is 18.7. The van der Waals surface area contributed by atoms with Crippen LogP contribution in [0.5, 0.6) is 23.0 Å². The van der Waals surface area contributed by atoms with Gasteiger partial charge in [-0.1, -0.05) is 24.3 Å². The SMILES string of the molecule is COc1ccc(/C=C/C(=O)C(CCO)C(=O)/C=C/c2ccc(OC)c(OC)c2)cc1OC. The molecule has 0 aliphatic rings. The van der Waals surface area contributed by atoms with Crippen molar-refractivity contribution in [2.45, 2.75) is 6.42 Å². The Hall–Kier alpha value is -3.58. The molecule has 0 aliphatic carbocycles. The summed E-state index contributed by atoms with van der Waals surface area (Å²) < 4.78 is 20.9. The molecule has 2 aromatic rings. The second-order valence-corrected chi connectivity index (χ2v) is 6.77. The standard InChI is InChI=1S/C25H28O7/c1-29-22-11-7-17(15-24(22)31-3)5-9-20(27)19(13-14-26)21(28)10-6-18-8-12-23(30-2)25(16-18)32-4/h5-12,15-16,19,26H,13-14H2,1-4H3/b9-5+,10-6+. The van der Waals surface area contributed by atoms with Crippen molar-refractivity contribution in [3.63, 3.8) is 0 Å². The van der Waals surface area contributed by atoms with Gasteiger partial charge in [-0.3, -0.25) is 9.59 Å². The number of allylic oxidation sites excluding steroid dienone is 2. The molecule has 0 bridgehead atoms. The van der Waals surface area contributed by atoms with Crippen molar-refractivity contribution in [3.8, 4) is 23.0 Å². The van der Waals surface area contributed by atoms with E-state index in [1.54, 1.807) is 48.6 Å². The van der Waals surface area contributed by atoms with Crippen LogP contribution < -0.4 is 18.9 Å². The van der Waals surface area contributed by atoms with Crippen LogP contribution in [0.1, 0.15) is 17.5 Å². The summed E-state index contributed by atoms with van der Waals surface area (Å²) >= 11 is 0. The van der Waals surface area contributed by atoms with Crippen molar-refractivity contribution < 1.29 is 33.6 Å². The molecule has 0 saturated heterocycles. The lowest BCUT2D eigenvalue weighted by molar-refractivity contribution is -0.128. The third kappa shape index (κ3) is 6.46. The quantitative estimate of drug-likeness (QED) is 0.398. The highest BCUT2D eigenvalue weighted by atomic mass is 16.5. The largest absolute Gasteiger partial charge is 0.493 e. The maximum absolute atomic E-state index is 12.7. The average Bonchev–Trinajstić information content (AvgIpc) is 2.83. The fourth-order valence-electron chi connectivity index (χ4n) is 3.06. The van der Waals surface area contributed by atoms with Gasteiger partial charge in [0.1, 0.15) is 0 Å². The summed E-state index contributed by atoms with van der Waals surface area (Å²) in [6.45, 7) is -0.281. The average molecular weight is 440 g/mol. The minimum atomic E-state index is -0.979. The number of hydrogen-bond donors (Lipinski definition) is 1. The summed E-state index contributed by atoms with van der Waals surface area (Å²) in [4.78, 5) is 25.4. The predicted molar refractivity (Wildman–Crippen MR) is 122 cm³/mol. The summed E-state index contributed by atoms with van der Waals surface area (Å²) in [5, 5.41) is 9.34. The summed E-state index contributed by atoms with van der Waals surface area (Å²) in [5.41, 5.74) is 1.43. The van der Waals surface area contributed by atoms with Crippen LogP contribution in [0.15, 0.2) is 48.6 Å².